The summed E-state index contributed by atoms with van der Waals surface area (Å²) in [6, 6.07) is 1.68. The Hall–Kier alpha value is -2.11. The van der Waals surface area contributed by atoms with Gasteiger partial charge in [0.25, 0.3) is 0 Å². The summed E-state index contributed by atoms with van der Waals surface area (Å²) in [5.41, 5.74) is 1.99. The number of nitrogens with zero attached hydrogens (tertiary/aromatic N) is 1. The lowest BCUT2D eigenvalue weighted by Gasteiger charge is -2.34. The lowest BCUT2D eigenvalue weighted by Crippen LogP contribution is -2.31. The Labute approximate surface area is 146 Å². The Morgan fingerprint density at radius 2 is 1.96 bits per heavy atom. The largest absolute Gasteiger partial charge is 0.481 e. The maximum Gasteiger partial charge on any atom is 0.309 e. The van der Waals surface area contributed by atoms with Gasteiger partial charge in [-0.3, -0.25) is 14.4 Å². The van der Waals surface area contributed by atoms with Gasteiger partial charge in [-0.05, 0) is 37.2 Å². The van der Waals surface area contributed by atoms with Gasteiger partial charge in [-0.25, -0.2) is 0 Å². The minimum absolute atomic E-state index is 0.0466. The highest BCUT2D eigenvalue weighted by Crippen LogP contribution is 2.41. The van der Waals surface area contributed by atoms with Gasteiger partial charge in [-0.2, -0.15) is 0 Å². The molecule has 1 saturated carbocycles. The summed E-state index contributed by atoms with van der Waals surface area (Å²) in [4.78, 5) is 35.3. The standard InChI is InChI=1S/C19H25NO5/c1-19(2)9-15-14(16(21)10-19)7-13(8-17(22)23)20(15)12-5-3-4-11(6-12)18(24)25/h7,11-12H,3-6,8-10H2,1-2H3,(H,22,23)(H,24,25). The first-order chi connectivity index (χ1) is 11.7. The third kappa shape index (κ3) is 3.48. The van der Waals surface area contributed by atoms with Crippen molar-refractivity contribution in [3.63, 3.8) is 0 Å². The highest BCUT2D eigenvalue weighted by molar-refractivity contribution is 5.99. The molecule has 25 heavy (non-hydrogen) atoms. The second-order valence-electron chi connectivity index (χ2n) is 8.23. The number of rotatable bonds is 4. The number of aliphatic carboxylic acids is 2. The Morgan fingerprint density at radius 1 is 1.24 bits per heavy atom. The van der Waals surface area contributed by atoms with Crippen LogP contribution in [-0.4, -0.2) is 32.5 Å². The smallest absolute Gasteiger partial charge is 0.309 e. The molecule has 2 aliphatic carbocycles. The first-order valence-corrected chi connectivity index (χ1v) is 8.89. The summed E-state index contributed by atoms with van der Waals surface area (Å²) >= 11 is 0. The van der Waals surface area contributed by atoms with Gasteiger partial charge in [0, 0.05) is 29.4 Å². The summed E-state index contributed by atoms with van der Waals surface area (Å²) < 4.78 is 2.00. The lowest BCUT2D eigenvalue weighted by atomic mass is 9.76. The van der Waals surface area contributed by atoms with Crippen molar-refractivity contribution in [1.29, 1.82) is 0 Å². The third-order valence-electron chi connectivity index (χ3n) is 5.50. The van der Waals surface area contributed by atoms with E-state index in [4.69, 9.17) is 0 Å². The molecule has 0 amide bonds. The van der Waals surface area contributed by atoms with Gasteiger partial charge in [-0.1, -0.05) is 20.3 Å². The molecular weight excluding hydrogens is 322 g/mol. The number of carboxylic acid groups (broad SMARTS) is 2. The van der Waals surface area contributed by atoms with E-state index in [1.54, 1.807) is 6.07 Å². The van der Waals surface area contributed by atoms with Crippen LogP contribution in [0.4, 0.5) is 0 Å². The maximum absolute atomic E-state index is 12.6. The quantitative estimate of drug-likeness (QED) is 0.872. The van der Waals surface area contributed by atoms with Crippen LogP contribution in [0.1, 0.15) is 73.7 Å². The van der Waals surface area contributed by atoms with E-state index in [1.807, 2.05) is 18.4 Å². The molecule has 2 atom stereocenters. The van der Waals surface area contributed by atoms with E-state index in [1.165, 1.54) is 0 Å². The van der Waals surface area contributed by atoms with Crippen molar-refractivity contribution < 1.29 is 24.6 Å². The van der Waals surface area contributed by atoms with Crippen molar-refractivity contribution in [1.82, 2.24) is 4.57 Å². The Kier molecular flexibility index (Phi) is 4.47. The van der Waals surface area contributed by atoms with E-state index < -0.39 is 17.9 Å². The van der Waals surface area contributed by atoms with Crippen LogP contribution in [0.3, 0.4) is 0 Å². The zero-order valence-corrected chi connectivity index (χ0v) is 14.7. The van der Waals surface area contributed by atoms with Crippen LogP contribution in [0.5, 0.6) is 0 Å². The number of carboxylic acids is 2. The normalized spacial score (nSPS) is 25.4. The molecule has 6 heteroatoms. The number of aromatic nitrogens is 1. The molecule has 1 heterocycles. The number of hydrogen-bond donors (Lipinski definition) is 2. The van der Waals surface area contributed by atoms with Crippen LogP contribution in [-0.2, 0) is 22.4 Å². The van der Waals surface area contributed by atoms with Crippen LogP contribution in [0.2, 0.25) is 0 Å². The van der Waals surface area contributed by atoms with E-state index in [-0.39, 0.29) is 23.7 Å². The fraction of sp³-hybridized carbons (Fsp3) is 0.632. The molecule has 2 unspecified atom stereocenters. The number of carbonyl (C=O) groups is 3. The number of carbonyl (C=O) groups excluding carboxylic acids is 1. The fourth-order valence-corrected chi connectivity index (χ4v) is 4.46. The zero-order chi connectivity index (χ0) is 18.4. The van der Waals surface area contributed by atoms with Crippen molar-refractivity contribution in [3.05, 3.63) is 23.0 Å². The van der Waals surface area contributed by atoms with E-state index in [2.05, 4.69) is 0 Å². The molecule has 0 bridgehead atoms. The fourth-order valence-electron chi connectivity index (χ4n) is 4.46. The molecule has 0 saturated heterocycles. The van der Waals surface area contributed by atoms with Crippen LogP contribution in [0.15, 0.2) is 6.07 Å². The molecule has 2 N–H and O–H groups in total. The molecule has 136 valence electrons. The van der Waals surface area contributed by atoms with Crippen LogP contribution >= 0.6 is 0 Å². The van der Waals surface area contributed by atoms with Crippen molar-refractivity contribution in [2.75, 3.05) is 0 Å². The molecule has 3 rings (SSSR count). The minimum Gasteiger partial charge on any atom is -0.481 e. The van der Waals surface area contributed by atoms with Gasteiger partial charge < -0.3 is 14.8 Å². The molecule has 0 aliphatic heterocycles. The van der Waals surface area contributed by atoms with Gasteiger partial charge in [0.1, 0.15) is 0 Å². The monoisotopic (exact) mass is 347 g/mol. The Balaban J connectivity index is 2.05. The van der Waals surface area contributed by atoms with Crippen molar-refractivity contribution in [3.8, 4) is 0 Å². The number of hydrogen-bond acceptors (Lipinski definition) is 3. The molecule has 1 aromatic rings. The average Bonchev–Trinajstić information content (AvgIpc) is 2.83. The number of Topliss-reactive ketones (excluding diaryl/α,β-unsaturated/α-hetero) is 1. The molecule has 0 spiro atoms. The average molecular weight is 347 g/mol. The van der Waals surface area contributed by atoms with Crippen LogP contribution < -0.4 is 0 Å². The van der Waals surface area contributed by atoms with Crippen LogP contribution in [0, 0.1) is 11.3 Å². The zero-order valence-electron chi connectivity index (χ0n) is 14.7. The second kappa shape index (κ2) is 6.32. The Bertz CT molecular complexity index is 730. The van der Waals surface area contributed by atoms with Crippen LogP contribution in [0.25, 0.3) is 0 Å². The first kappa shape index (κ1) is 17.7. The summed E-state index contributed by atoms with van der Waals surface area (Å²) in [5, 5.41) is 18.6. The number of ketones is 1. The van der Waals surface area contributed by atoms with Crippen molar-refractivity contribution >= 4 is 17.7 Å². The highest BCUT2D eigenvalue weighted by Gasteiger charge is 2.37. The number of fused-ring (bicyclic) bond motifs is 1. The molecule has 2 aliphatic rings. The predicted molar refractivity (Wildman–Crippen MR) is 90.8 cm³/mol. The molecule has 6 nitrogen and oxygen atoms in total. The third-order valence-corrected chi connectivity index (χ3v) is 5.50. The summed E-state index contributed by atoms with van der Waals surface area (Å²) in [6.07, 6.45) is 3.81. The van der Waals surface area contributed by atoms with Gasteiger partial charge in [0.2, 0.25) is 0 Å². The van der Waals surface area contributed by atoms with Crippen molar-refractivity contribution in [2.24, 2.45) is 11.3 Å². The summed E-state index contributed by atoms with van der Waals surface area (Å²) in [5.74, 6) is -2.07. The summed E-state index contributed by atoms with van der Waals surface area (Å²) in [7, 11) is 0. The topological polar surface area (TPSA) is 96.6 Å². The second-order valence-corrected chi connectivity index (χ2v) is 8.23. The predicted octanol–water partition coefficient (Wildman–Crippen LogP) is 3.09. The Morgan fingerprint density at radius 3 is 2.60 bits per heavy atom. The SMILES string of the molecule is CC1(C)CC(=O)c2cc(CC(=O)O)n(C3CCCC(C(=O)O)C3)c2C1. The highest BCUT2D eigenvalue weighted by atomic mass is 16.4. The first-order valence-electron chi connectivity index (χ1n) is 8.89. The molecule has 1 aromatic heterocycles. The van der Waals surface area contributed by atoms with Gasteiger partial charge >= 0.3 is 11.9 Å². The molecular formula is C19H25NO5. The van der Waals surface area contributed by atoms with Gasteiger partial charge in [-0.15, -0.1) is 0 Å². The lowest BCUT2D eigenvalue weighted by molar-refractivity contribution is -0.143. The van der Waals surface area contributed by atoms with E-state index in [0.29, 0.717) is 36.9 Å². The van der Waals surface area contributed by atoms with E-state index in [0.717, 1.165) is 18.5 Å². The maximum atomic E-state index is 12.6. The van der Waals surface area contributed by atoms with Gasteiger partial charge in [0.05, 0.1) is 12.3 Å². The molecule has 0 radical (unpaired) electrons. The molecule has 0 aromatic carbocycles. The minimum atomic E-state index is -0.937. The van der Waals surface area contributed by atoms with E-state index >= 15 is 0 Å². The summed E-state index contributed by atoms with van der Waals surface area (Å²) in [6.45, 7) is 4.09. The van der Waals surface area contributed by atoms with Gasteiger partial charge in [0.15, 0.2) is 5.78 Å². The van der Waals surface area contributed by atoms with E-state index in [9.17, 15) is 24.6 Å². The molecule has 1 fully saturated rings. The van der Waals surface area contributed by atoms with Crippen molar-refractivity contribution in [2.45, 2.75) is 64.8 Å².